The Balaban J connectivity index is 1.50. The number of carbonyl (C=O) groups is 1. The number of carbonyl (C=O) groups excluding carboxylic acids is 1. The first-order chi connectivity index (χ1) is 12.2. The van der Waals surface area contributed by atoms with Crippen LogP contribution in [0.4, 0.5) is 0 Å². The predicted octanol–water partition coefficient (Wildman–Crippen LogP) is 3.91. The zero-order chi connectivity index (χ0) is 17.2. The molecule has 1 fully saturated rings. The van der Waals surface area contributed by atoms with Crippen LogP contribution in [-0.4, -0.2) is 15.9 Å². The topological polar surface area (TPSA) is 66.8 Å². The third kappa shape index (κ3) is 3.45. The van der Waals surface area contributed by atoms with Gasteiger partial charge in [-0.2, -0.15) is 0 Å². The lowest BCUT2D eigenvalue weighted by atomic mass is 10.1. The van der Waals surface area contributed by atoms with E-state index in [2.05, 4.69) is 0 Å². The van der Waals surface area contributed by atoms with E-state index in [-0.39, 0.29) is 23.5 Å². The normalized spacial score (nSPS) is 18.9. The minimum Gasteiger partial charge on any atom is -0.508 e. The van der Waals surface area contributed by atoms with Gasteiger partial charge in [-0.05, 0) is 48.4 Å². The van der Waals surface area contributed by atoms with E-state index in [0.717, 1.165) is 23.5 Å². The van der Waals surface area contributed by atoms with E-state index in [0.29, 0.717) is 13.1 Å². The van der Waals surface area contributed by atoms with E-state index < -0.39 is 0 Å². The fraction of sp³-hybridized carbons (Fsp3) is 0.250. The van der Waals surface area contributed by atoms with Crippen molar-refractivity contribution in [2.24, 2.45) is 5.92 Å². The maximum Gasteiger partial charge on any atom is 0.227 e. The molecule has 3 aromatic rings. The fourth-order valence-corrected chi connectivity index (χ4v) is 3.14. The predicted molar refractivity (Wildman–Crippen MR) is 90.6 cm³/mol. The molecule has 5 nitrogen and oxygen atoms in total. The Labute approximate surface area is 145 Å². The van der Waals surface area contributed by atoms with Crippen molar-refractivity contribution in [2.45, 2.75) is 25.4 Å². The molecule has 25 heavy (non-hydrogen) atoms. The Morgan fingerprint density at radius 2 is 1.80 bits per heavy atom. The molecule has 2 atom stereocenters. The second-order valence-electron chi connectivity index (χ2n) is 6.40. The number of furan rings is 2. The van der Waals surface area contributed by atoms with Crippen molar-refractivity contribution in [1.29, 1.82) is 0 Å². The number of hydrogen-bond acceptors (Lipinski definition) is 4. The highest BCUT2D eigenvalue weighted by molar-refractivity contribution is 5.82. The summed E-state index contributed by atoms with van der Waals surface area (Å²) >= 11 is 0. The molecule has 0 saturated heterocycles. The van der Waals surface area contributed by atoms with Crippen LogP contribution in [0.25, 0.3) is 0 Å². The van der Waals surface area contributed by atoms with E-state index in [1.807, 2.05) is 36.4 Å². The molecule has 2 heterocycles. The molecule has 1 aliphatic rings. The number of benzene rings is 1. The molecule has 1 saturated carbocycles. The average Bonchev–Trinajstić information content (AvgIpc) is 3.02. The molecule has 0 spiro atoms. The van der Waals surface area contributed by atoms with Gasteiger partial charge in [0.2, 0.25) is 5.91 Å². The second-order valence-corrected chi connectivity index (χ2v) is 6.40. The molecule has 5 heteroatoms. The number of phenolic OH excluding ortho intramolecular Hbond substituents is 1. The van der Waals surface area contributed by atoms with Crippen molar-refractivity contribution in [3.63, 3.8) is 0 Å². The van der Waals surface area contributed by atoms with E-state index in [1.54, 1.807) is 29.6 Å². The summed E-state index contributed by atoms with van der Waals surface area (Å²) in [6, 6.07) is 14.4. The lowest BCUT2D eigenvalue weighted by Crippen LogP contribution is -2.31. The number of nitrogens with zero attached hydrogens (tertiary/aromatic N) is 1. The summed E-state index contributed by atoms with van der Waals surface area (Å²) in [7, 11) is 0. The number of phenols is 1. The van der Waals surface area contributed by atoms with Gasteiger partial charge in [0.25, 0.3) is 0 Å². The van der Waals surface area contributed by atoms with Crippen LogP contribution in [-0.2, 0) is 17.9 Å². The van der Waals surface area contributed by atoms with Crippen molar-refractivity contribution in [1.82, 2.24) is 4.90 Å². The van der Waals surface area contributed by atoms with Crippen LogP contribution in [0.2, 0.25) is 0 Å². The number of amides is 1. The first-order valence-electron chi connectivity index (χ1n) is 8.33. The van der Waals surface area contributed by atoms with E-state index in [1.165, 1.54) is 0 Å². The summed E-state index contributed by atoms with van der Waals surface area (Å²) in [5, 5.41) is 9.44. The molecule has 0 bridgehead atoms. The lowest BCUT2D eigenvalue weighted by molar-refractivity contribution is -0.134. The molecule has 2 aromatic heterocycles. The highest BCUT2D eigenvalue weighted by Gasteiger charge is 2.47. The smallest absolute Gasteiger partial charge is 0.227 e. The monoisotopic (exact) mass is 337 g/mol. The Bertz CT molecular complexity index is 821. The Morgan fingerprint density at radius 3 is 2.48 bits per heavy atom. The average molecular weight is 337 g/mol. The third-order valence-corrected chi connectivity index (χ3v) is 4.56. The maximum absolute atomic E-state index is 13.0. The van der Waals surface area contributed by atoms with Gasteiger partial charge < -0.3 is 18.8 Å². The van der Waals surface area contributed by atoms with Gasteiger partial charge >= 0.3 is 0 Å². The maximum atomic E-state index is 13.0. The van der Waals surface area contributed by atoms with Gasteiger partial charge in [0.15, 0.2) is 0 Å². The summed E-state index contributed by atoms with van der Waals surface area (Å²) in [4.78, 5) is 14.8. The van der Waals surface area contributed by atoms with Gasteiger partial charge in [-0.1, -0.05) is 12.1 Å². The molecular weight excluding hydrogens is 318 g/mol. The SMILES string of the molecule is O=C([C@H]1C[C@@H]1c1ccco1)N(Cc1ccc(O)cc1)Cc1ccco1. The molecule has 1 aliphatic carbocycles. The number of rotatable bonds is 6. The van der Waals surface area contributed by atoms with Crippen molar-refractivity contribution >= 4 is 5.91 Å². The number of aromatic hydroxyl groups is 1. The van der Waals surface area contributed by atoms with Gasteiger partial charge in [0.05, 0.1) is 19.1 Å². The molecule has 0 aliphatic heterocycles. The molecule has 0 unspecified atom stereocenters. The summed E-state index contributed by atoms with van der Waals surface area (Å²) in [5.41, 5.74) is 0.966. The van der Waals surface area contributed by atoms with Crippen molar-refractivity contribution < 1.29 is 18.7 Å². The highest BCUT2D eigenvalue weighted by Crippen LogP contribution is 2.48. The second kappa shape index (κ2) is 6.51. The highest BCUT2D eigenvalue weighted by atomic mass is 16.3. The van der Waals surface area contributed by atoms with Crippen LogP contribution in [0.5, 0.6) is 5.75 Å². The van der Waals surface area contributed by atoms with Crippen LogP contribution in [0.15, 0.2) is 69.9 Å². The fourth-order valence-electron chi connectivity index (χ4n) is 3.14. The Hall–Kier alpha value is -2.95. The standard InChI is InChI=1S/C20H19NO4/c22-15-7-5-14(6-8-15)12-21(13-16-3-1-9-24-16)20(23)18-11-17(18)19-4-2-10-25-19/h1-10,17-18,22H,11-13H2/t17-,18-/m0/s1. The third-order valence-electron chi connectivity index (χ3n) is 4.56. The van der Waals surface area contributed by atoms with Gasteiger partial charge in [-0.25, -0.2) is 0 Å². The zero-order valence-corrected chi connectivity index (χ0v) is 13.7. The van der Waals surface area contributed by atoms with Crippen LogP contribution in [0, 0.1) is 5.92 Å². The largest absolute Gasteiger partial charge is 0.508 e. The molecule has 1 amide bonds. The zero-order valence-electron chi connectivity index (χ0n) is 13.7. The minimum atomic E-state index is -0.0433. The van der Waals surface area contributed by atoms with Crippen molar-refractivity contribution in [3.05, 3.63) is 78.1 Å². The first-order valence-corrected chi connectivity index (χ1v) is 8.33. The Morgan fingerprint density at radius 1 is 1.04 bits per heavy atom. The number of hydrogen-bond donors (Lipinski definition) is 1. The van der Waals surface area contributed by atoms with Crippen LogP contribution in [0.1, 0.15) is 29.4 Å². The van der Waals surface area contributed by atoms with Gasteiger partial charge in [0.1, 0.15) is 17.3 Å². The quantitative estimate of drug-likeness (QED) is 0.740. The van der Waals surface area contributed by atoms with E-state index >= 15 is 0 Å². The molecule has 1 N–H and O–H groups in total. The molecule has 0 radical (unpaired) electrons. The minimum absolute atomic E-state index is 0.0433. The first kappa shape index (κ1) is 15.6. The lowest BCUT2D eigenvalue weighted by Gasteiger charge is -2.22. The summed E-state index contributed by atoms with van der Waals surface area (Å²) in [5.74, 6) is 2.07. The van der Waals surface area contributed by atoms with E-state index in [4.69, 9.17) is 8.83 Å². The summed E-state index contributed by atoms with van der Waals surface area (Å²) in [6.07, 6.45) is 4.07. The van der Waals surface area contributed by atoms with Crippen molar-refractivity contribution in [2.75, 3.05) is 0 Å². The van der Waals surface area contributed by atoms with Crippen LogP contribution < -0.4 is 0 Å². The van der Waals surface area contributed by atoms with Crippen LogP contribution >= 0.6 is 0 Å². The van der Waals surface area contributed by atoms with Crippen LogP contribution in [0.3, 0.4) is 0 Å². The summed E-state index contributed by atoms with van der Waals surface area (Å²) < 4.78 is 10.9. The van der Waals surface area contributed by atoms with Crippen molar-refractivity contribution in [3.8, 4) is 5.75 Å². The molecule has 128 valence electrons. The molecule has 4 rings (SSSR count). The van der Waals surface area contributed by atoms with Gasteiger partial charge in [0, 0.05) is 18.4 Å². The molecular formula is C20H19NO4. The van der Waals surface area contributed by atoms with Gasteiger partial charge in [-0.3, -0.25) is 4.79 Å². The summed E-state index contributed by atoms with van der Waals surface area (Å²) in [6.45, 7) is 0.898. The Kier molecular flexibility index (Phi) is 4.06. The van der Waals surface area contributed by atoms with E-state index in [9.17, 15) is 9.90 Å². The van der Waals surface area contributed by atoms with Gasteiger partial charge in [-0.15, -0.1) is 0 Å². The molecule has 1 aromatic carbocycles.